The molecule has 1 fully saturated rings. The van der Waals surface area contributed by atoms with E-state index in [1.807, 2.05) is 6.07 Å². The molecule has 26 heavy (non-hydrogen) atoms. The lowest BCUT2D eigenvalue weighted by Crippen LogP contribution is -2.45. The number of methoxy groups -OCH3 is 1. The molecule has 4 nitrogen and oxygen atoms in total. The molecule has 1 aliphatic rings. The summed E-state index contributed by atoms with van der Waals surface area (Å²) >= 11 is 0. The Labute approximate surface area is 154 Å². The zero-order chi connectivity index (χ0) is 18.4. The van der Waals surface area contributed by atoms with Crippen molar-refractivity contribution in [2.75, 3.05) is 20.3 Å². The van der Waals surface area contributed by atoms with Crippen LogP contribution in [0.1, 0.15) is 35.2 Å². The summed E-state index contributed by atoms with van der Waals surface area (Å²) in [6, 6.07) is 15.7. The summed E-state index contributed by atoms with van der Waals surface area (Å²) in [5.74, 6) is 1.05. The van der Waals surface area contributed by atoms with Gasteiger partial charge in [-0.25, -0.2) is 0 Å². The van der Waals surface area contributed by atoms with Crippen molar-refractivity contribution in [3.8, 4) is 11.5 Å². The molecule has 0 atom stereocenters. The van der Waals surface area contributed by atoms with Crippen LogP contribution >= 0.6 is 0 Å². The lowest BCUT2D eigenvalue weighted by atomic mass is 9.64. The lowest BCUT2D eigenvalue weighted by molar-refractivity contribution is 0.0927. The minimum Gasteiger partial charge on any atom is -0.493 e. The molecule has 0 radical (unpaired) electrons. The third-order valence-electron chi connectivity index (χ3n) is 5.07. The number of benzene rings is 2. The molecule has 2 aromatic rings. The number of amides is 1. The van der Waals surface area contributed by atoms with Crippen LogP contribution in [0, 0.1) is 0 Å². The average molecular weight is 351 g/mol. The molecule has 2 aromatic carbocycles. The normalized spacial score (nSPS) is 14.8. The van der Waals surface area contributed by atoms with Crippen molar-refractivity contribution >= 4 is 5.91 Å². The van der Waals surface area contributed by atoms with Gasteiger partial charge in [0.2, 0.25) is 0 Å². The maximum absolute atomic E-state index is 12.6. The molecule has 0 bridgehead atoms. The van der Waals surface area contributed by atoms with Crippen molar-refractivity contribution in [2.24, 2.45) is 0 Å². The van der Waals surface area contributed by atoms with Crippen molar-refractivity contribution in [1.29, 1.82) is 0 Å². The molecular weight excluding hydrogens is 326 g/mol. The van der Waals surface area contributed by atoms with Crippen LogP contribution in [0.15, 0.2) is 61.2 Å². The monoisotopic (exact) mass is 351 g/mol. The fourth-order valence-corrected chi connectivity index (χ4v) is 3.39. The fraction of sp³-hybridized carbons (Fsp3) is 0.318. The standard InChI is InChI=1S/C22H25NO3/c1-3-14-26-19-11-10-17(15-20(19)25-2)21(24)23-16-22(12-7-13-22)18-8-5-4-6-9-18/h3-6,8-11,15H,1,7,12-14,16H2,2H3,(H,23,24). The van der Waals surface area contributed by atoms with Gasteiger partial charge in [-0.05, 0) is 36.6 Å². The number of carbonyl (C=O) groups excluding carboxylic acids is 1. The largest absolute Gasteiger partial charge is 0.493 e. The van der Waals surface area contributed by atoms with Crippen LogP contribution in [0.5, 0.6) is 11.5 Å². The van der Waals surface area contributed by atoms with Crippen LogP contribution in [-0.2, 0) is 5.41 Å². The Bertz CT molecular complexity index is 766. The minimum absolute atomic E-state index is 0.0635. The van der Waals surface area contributed by atoms with Gasteiger partial charge >= 0.3 is 0 Å². The molecule has 0 saturated heterocycles. The van der Waals surface area contributed by atoms with Crippen molar-refractivity contribution in [2.45, 2.75) is 24.7 Å². The molecule has 0 heterocycles. The second-order valence-corrected chi connectivity index (χ2v) is 6.65. The minimum atomic E-state index is -0.0965. The summed E-state index contributed by atoms with van der Waals surface area (Å²) < 4.78 is 10.9. The molecule has 1 N–H and O–H groups in total. The Morgan fingerprint density at radius 2 is 1.96 bits per heavy atom. The smallest absolute Gasteiger partial charge is 0.251 e. The average Bonchev–Trinajstić information content (AvgIpc) is 2.66. The Morgan fingerprint density at radius 3 is 2.58 bits per heavy atom. The topological polar surface area (TPSA) is 47.6 Å². The van der Waals surface area contributed by atoms with Crippen LogP contribution in [0.25, 0.3) is 0 Å². The van der Waals surface area contributed by atoms with Gasteiger partial charge in [0.15, 0.2) is 11.5 Å². The van der Waals surface area contributed by atoms with Gasteiger partial charge < -0.3 is 14.8 Å². The summed E-state index contributed by atoms with van der Waals surface area (Å²) in [7, 11) is 1.57. The molecule has 1 amide bonds. The van der Waals surface area contributed by atoms with Gasteiger partial charge in [0.05, 0.1) is 7.11 Å². The van der Waals surface area contributed by atoms with E-state index in [9.17, 15) is 4.79 Å². The van der Waals surface area contributed by atoms with Gasteiger partial charge in [0.25, 0.3) is 5.91 Å². The van der Waals surface area contributed by atoms with Crippen molar-refractivity contribution in [3.05, 3.63) is 72.3 Å². The number of ether oxygens (including phenoxy) is 2. The third-order valence-corrected chi connectivity index (χ3v) is 5.07. The quantitative estimate of drug-likeness (QED) is 0.728. The van der Waals surface area contributed by atoms with Crippen LogP contribution < -0.4 is 14.8 Å². The van der Waals surface area contributed by atoms with Gasteiger partial charge in [-0.1, -0.05) is 49.4 Å². The van der Waals surface area contributed by atoms with Gasteiger partial charge in [0, 0.05) is 17.5 Å². The van der Waals surface area contributed by atoms with Crippen LogP contribution in [0.2, 0.25) is 0 Å². The number of hydrogen-bond donors (Lipinski definition) is 1. The lowest BCUT2D eigenvalue weighted by Gasteiger charge is -2.42. The third kappa shape index (κ3) is 3.74. The first-order chi connectivity index (χ1) is 12.7. The predicted molar refractivity (Wildman–Crippen MR) is 103 cm³/mol. The molecule has 0 spiro atoms. The summed E-state index contributed by atoms with van der Waals surface area (Å²) in [5, 5.41) is 3.10. The van der Waals surface area contributed by atoms with E-state index in [0.717, 1.165) is 12.8 Å². The highest BCUT2D eigenvalue weighted by molar-refractivity contribution is 5.95. The molecule has 4 heteroatoms. The molecule has 3 rings (SSSR count). The fourth-order valence-electron chi connectivity index (χ4n) is 3.39. The van der Waals surface area contributed by atoms with E-state index in [1.54, 1.807) is 31.4 Å². The molecular formula is C22H25NO3. The highest BCUT2D eigenvalue weighted by Crippen LogP contribution is 2.43. The Kier molecular flexibility index (Phi) is 5.61. The maximum atomic E-state index is 12.6. The van der Waals surface area contributed by atoms with Gasteiger partial charge in [0.1, 0.15) is 6.61 Å². The summed E-state index contributed by atoms with van der Waals surface area (Å²) in [6.07, 6.45) is 5.08. The SMILES string of the molecule is C=CCOc1ccc(C(=O)NCC2(c3ccccc3)CCC2)cc1OC. The van der Waals surface area contributed by atoms with E-state index in [0.29, 0.717) is 30.2 Å². The van der Waals surface area contributed by atoms with Crippen molar-refractivity contribution in [3.63, 3.8) is 0 Å². The number of carbonyl (C=O) groups is 1. The first-order valence-corrected chi connectivity index (χ1v) is 8.94. The molecule has 1 saturated carbocycles. The molecule has 1 aliphatic carbocycles. The van der Waals surface area contributed by atoms with E-state index in [-0.39, 0.29) is 11.3 Å². The number of nitrogens with one attached hydrogen (secondary N) is 1. The van der Waals surface area contributed by atoms with E-state index in [1.165, 1.54) is 12.0 Å². The summed E-state index contributed by atoms with van der Waals surface area (Å²) in [5.41, 5.74) is 1.93. The van der Waals surface area contributed by atoms with Crippen LogP contribution in [-0.4, -0.2) is 26.2 Å². The van der Waals surface area contributed by atoms with E-state index in [4.69, 9.17) is 9.47 Å². The molecule has 0 aliphatic heterocycles. The summed E-state index contributed by atoms with van der Waals surface area (Å²) in [6.45, 7) is 4.67. The first kappa shape index (κ1) is 18.1. The Balaban J connectivity index is 1.69. The molecule has 0 unspecified atom stereocenters. The highest BCUT2D eigenvalue weighted by Gasteiger charge is 2.38. The van der Waals surface area contributed by atoms with E-state index >= 15 is 0 Å². The zero-order valence-corrected chi connectivity index (χ0v) is 15.2. The summed E-state index contributed by atoms with van der Waals surface area (Å²) in [4.78, 5) is 12.6. The Morgan fingerprint density at radius 1 is 1.19 bits per heavy atom. The van der Waals surface area contributed by atoms with Gasteiger partial charge in [-0.2, -0.15) is 0 Å². The van der Waals surface area contributed by atoms with Crippen molar-refractivity contribution < 1.29 is 14.3 Å². The zero-order valence-electron chi connectivity index (χ0n) is 15.2. The second-order valence-electron chi connectivity index (χ2n) is 6.65. The van der Waals surface area contributed by atoms with E-state index < -0.39 is 0 Å². The van der Waals surface area contributed by atoms with Crippen LogP contribution in [0.4, 0.5) is 0 Å². The Hall–Kier alpha value is -2.75. The molecule has 0 aromatic heterocycles. The first-order valence-electron chi connectivity index (χ1n) is 8.94. The molecule has 136 valence electrons. The van der Waals surface area contributed by atoms with Gasteiger partial charge in [-0.15, -0.1) is 0 Å². The number of hydrogen-bond acceptors (Lipinski definition) is 3. The number of rotatable bonds is 8. The van der Waals surface area contributed by atoms with E-state index in [2.05, 4.69) is 36.2 Å². The predicted octanol–water partition coefficient (Wildman–Crippen LogP) is 4.11. The maximum Gasteiger partial charge on any atom is 0.251 e. The van der Waals surface area contributed by atoms with Gasteiger partial charge in [-0.3, -0.25) is 4.79 Å². The second kappa shape index (κ2) is 8.09. The van der Waals surface area contributed by atoms with Crippen LogP contribution in [0.3, 0.4) is 0 Å². The highest BCUT2D eigenvalue weighted by atomic mass is 16.5. The van der Waals surface area contributed by atoms with Crippen molar-refractivity contribution in [1.82, 2.24) is 5.32 Å².